The van der Waals surface area contributed by atoms with Crippen LogP contribution in [0.5, 0.6) is 0 Å². The maximum atomic E-state index is 8.44. The van der Waals surface area contributed by atoms with Gasteiger partial charge in [0.2, 0.25) is 0 Å². The molecular weight excluding hydrogens is 132 g/mol. The molecule has 2 bridgehead atoms. The number of hydrogen-bond acceptors (Lipinski definition) is 4. The molecule has 1 N–H and O–H groups in total. The molecule has 3 rings (SSSR count). The van der Waals surface area contributed by atoms with Gasteiger partial charge in [0.15, 0.2) is 6.23 Å². The van der Waals surface area contributed by atoms with Crippen molar-refractivity contribution >= 4 is 0 Å². The molecule has 0 saturated carbocycles. The van der Waals surface area contributed by atoms with Gasteiger partial charge in [-0.2, -0.15) is 0 Å². The molecule has 0 aromatic heterocycles. The van der Waals surface area contributed by atoms with E-state index in [1.165, 1.54) is 0 Å². The minimum atomic E-state index is -0.0671. The second kappa shape index (κ2) is 2.47. The fourth-order valence-electron chi connectivity index (χ4n) is 1.67. The van der Waals surface area contributed by atoms with Crippen molar-refractivity contribution in [2.24, 2.45) is 0 Å². The van der Waals surface area contributed by atoms with E-state index in [0.717, 1.165) is 32.7 Å². The van der Waals surface area contributed by atoms with Crippen LogP contribution in [0, 0.1) is 0 Å². The second-order valence-corrected chi connectivity index (χ2v) is 2.90. The zero-order chi connectivity index (χ0) is 6.97. The SMILES string of the molecule is OOC1CN2CCN1CC2. The minimum Gasteiger partial charge on any atom is -0.297 e. The molecule has 0 spiro atoms. The smallest absolute Gasteiger partial charge is 0.158 e. The van der Waals surface area contributed by atoms with Crippen molar-refractivity contribution in [1.29, 1.82) is 0 Å². The van der Waals surface area contributed by atoms with Crippen LogP contribution in [0.1, 0.15) is 0 Å². The van der Waals surface area contributed by atoms with Crippen LogP contribution in [0.3, 0.4) is 0 Å². The lowest BCUT2D eigenvalue weighted by Gasteiger charge is -2.45. The topological polar surface area (TPSA) is 35.9 Å². The number of piperazine rings is 3. The molecular formula is C6H12N2O2. The first-order valence-corrected chi connectivity index (χ1v) is 3.67. The molecule has 3 aliphatic rings. The highest BCUT2D eigenvalue weighted by Gasteiger charge is 2.32. The molecule has 4 nitrogen and oxygen atoms in total. The third-order valence-electron chi connectivity index (χ3n) is 2.35. The van der Waals surface area contributed by atoms with Crippen molar-refractivity contribution < 1.29 is 10.1 Å². The Morgan fingerprint density at radius 2 is 1.90 bits per heavy atom. The lowest BCUT2D eigenvalue weighted by Crippen LogP contribution is -2.61. The van der Waals surface area contributed by atoms with Gasteiger partial charge < -0.3 is 0 Å². The Morgan fingerprint density at radius 3 is 2.20 bits per heavy atom. The van der Waals surface area contributed by atoms with Crippen molar-refractivity contribution in [1.82, 2.24) is 9.80 Å². The maximum absolute atomic E-state index is 8.44. The van der Waals surface area contributed by atoms with Crippen molar-refractivity contribution in [3.8, 4) is 0 Å². The normalized spacial score (nSPS) is 45.9. The minimum absolute atomic E-state index is 0.0671. The van der Waals surface area contributed by atoms with E-state index in [4.69, 9.17) is 5.26 Å². The van der Waals surface area contributed by atoms with Crippen LogP contribution in [0.15, 0.2) is 0 Å². The summed E-state index contributed by atoms with van der Waals surface area (Å²) < 4.78 is 0. The molecule has 3 fully saturated rings. The van der Waals surface area contributed by atoms with E-state index >= 15 is 0 Å². The predicted octanol–water partition coefficient (Wildman–Crippen LogP) is -0.567. The number of rotatable bonds is 1. The molecule has 3 saturated heterocycles. The van der Waals surface area contributed by atoms with Crippen molar-refractivity contribution in [2.45, 2.75) is 6.23 Å². The van der Waals surface area contributed by atoms with Crippen LogP contribution in [0.2, 0.25) is 0 Å². The van der Waals surface area contributed by atoms with Gasteiger partial charge in [-0.3, -0.25) is 15.1 Å². The Balaban J connectivity index is 2.01. The zero-order valence-corrected chi connectivity index (χ0v) is 5.86. The molecule has 3 aliphatic heterocycles. The molecule has 0 aromatic carbocycles. The summed E-state index contributed by atoms with van der Waals surface area (Å²) in [6.45, 7) is 5.17. The zero-order valence-electron chi connectivity index (χ0n) is 5.86. The third kappa shape index (κ3) is 0.932. The van der Waals surface area contributed by atoms with Crippen LogP contribution in [0.25, 0.3) is 0 Å². The van der Waals surface area contributed by atoms with Gasteiger partial charge in [-0.05, 0) is 0 Å². The Kier molecular flexibility index (Phi) is 1.61. The quantitative estimate of drug-likeness (QED) is 0.395. The van der Waals surface area contributed by atoms with E-state index in [1.54, 1.807) is 0 Å². The molecule has 1 unspecified atom stereocenters. The lowest BCUT2D eigenvalue weighted by atomic mass is 10.2. The Bertz CT molecular complexity index is 123. The van der Waals surface area contributed by atoms with Gasteiger partial charge in [-0.1, -0.05) is 0 Å². The first kappa shape index (κ1) is 6.54. The van der Waals surface area contributed by atoms with Gasteiger partial charge in [-0.25, -0.2) is 4.89 Å². The van der Waals surface area contributed by atoms with Crippen molar-refractivity contribution in [3.63, 3.8) is 0 Å². The summed E-state index contributed by atoms with van der Waals surface area (Å²) in [5, 5.41) is 8.44. The standard InChI is InChI=1S/C6H12N2O2/c9-10-6-5-7-1-3-8(6)4-2-7/h6,9H,1-5H2. The Labute approximate surface area is 59.9 Å². The molecule has 0 amide bonds. The van der Waals surface area contributed by atoms with Crippen LogP contribution >= 0.6 is 0 Å². The van der Waals surface area contributed by atoms with E-state index in [2.05, 4.69) is 14.7 Å². The van der Waals surface area contributed by atoms with E-state index in [-0.39, 0.29) is 6.23 Å². The Hall–Kier alpha value is -0.160. The monoisotopic (exact) mass is 144 g/mol. The summed E-state index contributed by atoms with van der Waals surface area (Å²) in [5.74, 6) is 0. The predicted molar refractivity (Wildman–Crippen MR) is 35.5 cm³/mol. The maximum Gasteiger partial charge on any atom is 0.158 e. The molecule has 3 heterocycles. The van der Waals surface area contributed by atoms with Gasteiger partial charge in [0, 0.05) is 32.7 Å². The highest BCUT2D eigenvalue weighted by molar-refractivity contribution is 4.82. The summed E-state index contributed by atoms with van der Waals surface area (Å²) in [5.41, 5.74) is 0. The summed E-state index contributed by atoms with van der Waals surface area (Å²) >= 11 is 0. The van der Waals surface area contributed by atoms with Crippen LogP contribution in [-0.2, 0) is 4.89 Å². The van der Waals surface area contributed by atoms with Crippen LogP contribution in [0.4, 0.5) is 0 Å². The highest BCUT2D eigenvalue weighted by atomic mass is 17.1. The van der Waals surface area contributed by atoms with Crippen molar-refractivity contribution in [3.05, 3.63) is 0 Å². The summed E-state index contributed by atoms with van der Waals surface area (Å²) in [4.78, 5) is 8.78. The first-order chi connectivity index (χ1) is 4.90. The van der Waals surface area contributed by atoms with Crippen LogP contribution < -0.4 is 0 Å². The van der Waals surface area contributed by atoms with Crippen molar-refractivity contribution in [2.75, 3.05) is 32.7 Å². The number of hydrogen-bond donors (Lipinski definition) is 1. The van der Waals surface area contributed by atoms with E-state index in [0.29, 0.717) is 0 Å². The van der Waals surface area contributed by atoms with E-state index < -0.39 is 0 Å². The molecule has 4 heteroatoms. The average Bonchev–Trinajstić information content (AvgIpc) is 2.06. The largest absolute Gasteiger partial charge is 0.297 e. The van der Waals surface area contributed by atoms with Crippen LogP contribution in [-0.4, -0.2) is 54.0 Å². The summed E-state index contributed by atoms with van der Waals surface area (Å²) in [6, 6.07) is 0. The molecule has 0 radical (unpaired) electrons. The summed E-state index contributed by atoms with van der Waals surface area (Å²) in [7, 11) is 0. The fraction of sp³-hybridized carbons (Fsp3) is 1.00. The molecule has 58 valence electrons. The first-order valence-electron chi connectivity index (χ1n) is 3.67. The third-order valence-corrected chi connectivity index (χ3v) is 2.35. The van der Waals surface area contributed by atoms with Gasteiger partial charge >= 0.3 is 0 Å². The van der Waals surface area contributed by atoms with Gasteiger partial charge in [0.1, 0.15) is 0 Å². The molecule has 0 aliphatic carbocycles. The van der Waals surface area contributed by atoms with E-state index in [9.17, 15) is 0 Å². The molecule has 0 aromatic rings. The molecule has 1 atom stereocenters. The lowest BCUT2D eigenvalue weighted by molar-refractivity contribution is -0.329. The van der Waals surface area contributed by atoms with Gasteiger partial charge in [-0.15, -0.1) is 0 Å². The molecule has 10 heavy (non-hydrogen) atoms. The fourth-order valence-corrected chi connectivity index (χ4v) is 1.67. The van der Waals surface area contributed by atoms with E-state index in [1.807, 2.05) is 0 Å². The number of fused-ring (bicyclic) bond motifs is 3. The average molecular weight is 144 g/mol. The Morgan fingerprint density at radius 1 is 1.20 bits per heavy atom. The highest BCUT2D eigenvalue weighted by Crippen LogP contribution is 2.14. The van der Waals surface area contributed by atoms with Gasteiger partial charge in [0.25, 0.3) is 0 Å². The van der Waals surface area contributed by atoms with Gasteiger partial charge in [0.05, 0.1) is 0 Å². The second-order valence-electron chi connectivity index (χ2n) is 2.90. The summed E-state index contributed by atoms with van der Waals surface area (Å²) in [6.07, 6.45) is -0.0671. The number of nitrogens with zero attached hydrogens (tertiary/aromatic N) is 2.